The topological polar surface area (TPSA) is 84.5 Å². The van der Waals surface area contributed by atoms with Crippen LogP contribution >= 0.6 is 0 Å². The maximum Gasteiger partial charge on any atom is 0.261 e. The Morgan fingerprint density at radius 1 is 1.06 bits per heavy atom. The average molecular weight is 467 g/mol. The number of ether oxygens (including phenoxy) is 1. The van der Waals surface area contributed by atoms with Crippen LogP contribution in [0.15, 0.2) is 71.6 Å². The van der Waals surface area contributed by atoms with E-state index in [0.717, 1.165) is 17.7 Å². The van der Waals surface area contributed by atoms with Crippen LogP contribution in [0.3, 0.4) is 0 Å². The van der Waals surface area contributed by atoms with E-state index in [-0.39, 0.29) is 28.7 Å². The van der Waals surface area contributed by atoms with Crippen LogP contribution < -0.4 is 14.8 Å². The maximum absolute atomic E-state index is 13.1. The maximum atomic E-state index is 13.1. The van der Waals surface area contributed by atoms with Crippen molar-refractivity contribution in [1.29, 1.82) is 0 Å². The molecular formula is C25H23FN2O4S. The Morgan fingerprint density at radius 2 is 1.76 bits per heavy atom. The number of benzene rings is 3. The number of nitrogens with one attached hydrogen (secondary N) is 2. The van der Waals surface area contributed by atoms with Crippen molar-refractivity contribution in [1.82, 2.24) is 5.32 Å². The van der Waals surface area contributed by atoms with Gasteiger partial charge in [-0.15, -0.1) is 6.42 Å². The zero-order chi connectivity index (χ0) is 23.8. The normalized spacial score (nSPS) is 10.8. The molecule has 170 valence electrons. The van der Waals surface area contributed by atoms with Gasteiger partial charge in [-0.25, -0.2) is 12.8 Å². The molecule has 0 aliphatic rings. The van der Waals surface area contributed by atoms with E-state index >= 15 is 0 Å². The fraction of sp³-hybridized carbons (Fsp3) is 0.160. The predicted molar refractivity (Wildman–Crippen MR) is 125 cm³/mol. The van der Waals surface area contributed by atoms with Gasteiger partial charge in [-0.1, -0.05) is 24.1 Å². The number of carbonyl (C=O) groups excluding carboxylic acids is 1. The molecule has 8 heteroatoms. The molecule has 3 rings (SSSR count). The molecule has 0 bridgehead atoms. The van der Waals surface area contributed by atoms with Crippen LogP contribution in [-0.2, 0) is 16.4 Å². The van der Waals surface area contributed by atoms with E-state index in [4.69, 9.17) is 11.2 Å². The summed E-state index contributed by atoms with van der Waals surface area (Å²) in [6.45, 7) is 2.30. The van der Waals surface area contributed by atoms with Gasteiger partial charge < -0.3 is 10.1 Å². The van der Waals surface area contributed by atoms with Crippen molar-refractivity contribution < 1.29 is 22.3 Å². The molecule has 1 amide bonds. The summed E-state index contributed by atoms with van der Waals surface area (Å²) in [6, 6.07) is 16.7. The van der Waals surface area contributed by atoms with Gasteiger partial charge in [0, 0.05) is 17.8 Å². The second-order valence-corrected chi connectivity index (χ2v) is 8.91. The van der Waals surface area contributed by atoms with E-state index in [0.29, 0.717) is 24.3 Å². The predicted octanol–water partition coefficient (Wildman–Crippen LogP) is 3.92. The van der Waals surface area contributed by atoms with E-state index in [1.807, 2.05) is 12.1 Å². The fourth-order valence-corrected chi connectivity index (χ4v) is 4.12. The summed E-state index contributed by atoms with van der Waals surface area (Å²) >= 11 is 0. The van der Waals surface area contributed by atoms with Crippen molar-refractivity contribution in [2.75, 3.05) is 17.9 Å². The third-order valence-electron chi connectivity index (χ3n) is 4.81. The molecule has 0 aliphatic heterocycles. The van der Waals surface area contributed by atoms with Gasteiger partial charge >= 0.3 is 0 Å². The Morgan fingerprint density at radius 3 is 2.42 bits per heavy atom. The fourth-order valence-electron chi connectivity index (χ4n) is 3.04. The largest absolute Gasteiger partial charge is 0.481 e. The smallest absolute Gasteiger partial charge is 0.261 e. The lowest BCUT2D eigenvalue weighted by Crippen LogP contribution is -2.26. The number of sulfonamides is 1. The molecule has 0 saturated carbocycles. The first-order chi connectivity index (χ1) is 15.8. The van der Waals surface area contributed by atoms with Crippen molar-refractivity contribution in [2.24, 2.45) is 0 Å². The molecule has 0 unspecified atom stereocenters. The second kappa shape index (κ2) is 10.7. The van der Waals surface area contributed by atoms with Crippen LogP contribution in [0.1, 0.15) is 21.5 Å². The highest BCUT2D eigenvalue weighted by molar-refractivity contribution is 7.92. The number of hydrogen-bond donors (Lipinski definition) is 2. The van der Waals surface area contributed by atoms with Gasteiger partial charge in [0.25, 0.3) is 15.9 Å². The number of carbonyl (C=O) groups is 1. The first kappa shape index (κ1) is 23.8. The summed E-state index contributed by atoms with van der Waals surface area (Å²) in [5.41, 5.74) is 2.12. The van der Waals surface area contributed by atoms with Gasteiger partial charge in [0.1, 0.15) is 18.2 Å². The number of aryl methyl sites for hydroxylation is 1. The highest BCUT2D eigenvalue weighted by Gasteiger charge is 2.18. The van der Waals surface area contributed by atoms with Crippen LogP contribution in [0.4, 0.5) is 10.1 Å². The first-order valence-corrected chi connectivity index (χ1v) is 11.6. The molecule has 0 aliphatic carbocycles. The summed E-state index contributed by atoms with van der Waals surface area (Å²) in [7, 11) is -3.95. The quantitative estimate of drug-likeness (QED) is 0.468. The standard InChI is InChI=1S/C25H23FN2O4S/c1-3-16-32-22-11-5-19(6-12-22)14-15-27-25(29)24-17-23(13-4-18(24)2)33(30,31)28-21-9-7-20(26)8-10-21/h1,4-13,17,28H,14-16H2,2H3,(H,27,29). The summed E-state index contributed by atoms with van der Waals surface area (Å²) in [5.74, 6) is 2.22. The highest BCUT2D eigenvalue weighted by Crippen LogP contribution is 2.20. The minimum absolute atomic E-state index is 0.0647. The SMILES string of the molecule is C#CCOc1ccc(CCNC(=O)c2cc(S(=O)(=O)Nc3ccc(F)cc3)ccc2C)cc1. The zero-order valence-electron chi connectivity index (χ0n) is 18.0. The average Bonchev–Trinajstić information content (AvgIpc) is 2.80. The van der Waals surface area contributed by atoms with Gasteiger partial charge in [-0.05, 0) is 73.0 Å². The molecular weight excluding hydrogens is 443 g/mol. The van der Waals surface area contributed by atoms with E-state index in [2.05, 4.69) is 16.0 Å². The molecule has 0 aromatic heterocycles. The molecule has 0 fully saturated rings. The third-order valence-corrected chi connectivity index (χ3v) is 6.18. The molecule has 0 atom stereocenters. The van der Waals surface area contributed by atoms with Crippen LogP contribution in [0.25, 0.3) is 0 Å². The summed E-state index contributed by atoms with van der Waals surface area (Å²) < 4.78 is 46.2. The monoisotopic (exact) mass is 466 g/mol. The van der Waals surface area contributed by atoms with Gasteiger partial charge in [-0.3, -0.25) is 9.52 Å². The van der Waals surface area contributed by atoms with E-state index in [9.17, 15) is 17.6 Å². The number of halogens is 1. The summed E-state index contributed by atoms with van der Waals surface area (Å²) in [6.07, 6.45) is 5.75. The van der Waals surface area contributed by atoms with E-state index in [1.54, 1.807) is 25.1 Å². The molecule has 0 saturated heterocycles. The van der Waals surface area contributed by atoms with Crippen LogP contribution in [0.5, 0.6) is 5.75 Å². The van der Waals surface area contributed by atoms with Crippen molar-refractivity contribution in [3.8, 4) is 18.1 Å². The molecule has 3 aromatic carbocycles. The molecule has 3 aromatic rings. The lowest BCUT2D eigenvalue weighted by atomic mass is 10.1. The Bertz CT molecular complexity index is 1270. The van der Waals surface area contributed by atoms with Crippen molar-refractivity contribution in [2.45, 2.75) is 18.2 Å². The Hall–Kier alpha value is -3.83. The number of anilines is 1. The van der Waals surface area contributed by atoms with E-state index < -0.39 is 15.8 Å². The van der Waals surface area contributed by atoms with Gasteiger partial charge in [0.05, 0.1) is 4.90 Å². The molecule has 0 radical (unpaired) electrons. The van der Waals surface area contributed by atoms with Gasteiger partial charge in [0.2, 0.25) is 0 Å². The third kappa shape index (κ3) is 6.57. The highest BCUT2D eigenvalue weighted by atomic mass is 32.2. The van der Waals surface area contributed by atoms with Crippen LogP contribution in [0.2, 0.25) is 0 Å². The molecule has 0 spiro atoms. The summed E-state index contributed by atoms with van der Waals surface area (Å²) in [5, 5.41) is 2.82. The number of amides is 1. The second-order valence-electron chi connectivity index (χ2n) is 7.23. The lowest BCUT2D eigenvalue weighted by molar-refractivity contribution is 0.0953. The van der Waals surface area contributed by atoms with Crippen molar-refractivity contribution in [3.05, 3.63) is 89.2 Å². The van der Waals surface area contributed by atoms with Gasteiger partial charge in [0.15, 0.2) is 0 Å². The molecule has 33 heavy (non-hydrogen) atoms. The van der Waals surface area contributed by atoms with Crippen molar-refractivity contribution in [3.63, 3.8) is 0 Å². The van der Waals surface area contributed by atoms with Gasteiger partial charge in [-0.2, -0.15) is 0 Å². The van der Waals surface area contributed by atoms with Crippen LogP contribution in [0, 0.1) is 25.1 Å². The molecule has 6 nitrogen and oxygen atoms in total. The first-order valence-electron chi connectivity index (χ1n) is 10.1. The van der Waals surface area contributed by atoms with Crippen molar-refractivity contribution >= 4 is 21.6 Å². The summed E-state index contributed by atoms with van der Waals surface area (Å²) in [4.78, 5) is 12.6. The van der Waals surface area contributed by atoms with Crippen LogP contribution in [-0.4, -0.2) is 27.5 Å². The number of terminal acetylenes is 1. The Labute approximate surface area is 192 Å². The minimum atomic E-state index is -3.95. The Kier molecular flexibility index (Phi) is 7.70. The minimum Gasteiger partial charge on any atom is -0.481 e. The van der Waals surface area contributed by atoms with E-state index in [1.165, 1.54) is 24.3 Å². The lowest BCUT2D eigenvalue weighted by Gasteiger charge is -2.12. The molecule has 0 heterocycles. The number of rotatable bonds is 9. The molecule has 2 N–H and O–H groups in total. The Balaban J connectivity index is 1.64. The number of hydrogen-bond acceptors (Lipinski definition) is 4. The zero-order valence-corrected chi connectivity index (χ0v) is 18.8.